The quantitative estimate of drug-likeness (QED) is 0.889. The molecule has 1 aromatic rings. The van der Waals surface area contributed by atoms with Gasteiger partial charge in [-0.2, -0.15) is 0 Å². The molecule has 0 unspecified atom stereocenters. The van der Waals surface area contributed by atoms with E-state index >= 15 is 0 Å². The summed E-state index contributed by atoms with van der Waals surface area (Å²) in [6.07, 6.45) is 2.17. The molecule has 1 saturated carbocycles. The van der Waals surface area contributed by atoms with Crippen molar-refractivity contribution in [2.24, 2.45) is 0 Å². The molecule has 6 heteroatoms. The van der Waals surface area contributed by atoms with Gasteiger partial charge in [0.05, 0.1) is 0 Å². The molecule has 0 atom stereocenters. The lowest BCUT2D eigenvalue weighted by molar-refractivity contribution is 0.0945. The van der Waals surface area contributed by atoms with Crippen molar-refractivity contribution in [2.45, 2.75) is 32.7 Å². The van der Waals surface area contributed by atoms with Gasteiger partial charge in [-0.15, -0.1) is 0 Å². The first-order valence-corrected chi connectivity index (χ1v) is 7.79. The first-order valence-electron chi connectivity index (χ1n) is 7.79. The van der Waals surface area contributed by atoms with Crippen molar-refractivity contribution in [3.8, 4) is 0 Å². The summed E-state index contributed by atoms with van der Waals surface area (Å²) in [6.45, 7) is 9.12. The van der Waals surface area contributed by atoms with Crippen LogP contribution in [0.3, 0.4) is 0 Å². The maximum Gasteiger partial charge on any atom is 0.270 e. The highest BCUT2D eigenvalue weighted by molar-refractivity contribution is 5.93. The van der Waals surface area contributed by atoms with Gasteiger partial charge in [-0.25, -0.2) is 9.97 Å². The van der Waals surface area contributed by atoms with E-state index in [9.17, 15) is 4.79 Å². The van der Waals surface area contributed by atoms with Gasteiger partial charge < -0.3 is 15.1 Å². The number of nitrogens with one attached hydrogen (secondary N) is 1. The predicted octanol–water partition coefficient (Wildman–Crippen LogP) is 0.819. The summed E-state index contributed by atoms with van der Waals surface area (Å²) in [5.41, 5.74) is 0.488. The first-order chi connectivity index (χ1) is 10.2. The third-order valence-corrected chi connectivity index (χ3v) is 4.11. The number of nitrogens with zero attached hydrogens (tertiary/aromatic N) is 4. The van der Waals surface area contributed by atoms with Gasteiger partial charge in [0, 0.05) is 38.3 Å². The molecule has 1 amide bonds. The molecule has 0 spiro atoms. The zero-order chi connectivity index (χ0) is 14.8. The smallest absolute Gasteiger partial charge is 0.270 e. The van der Waals surface area contributed by atoms with E-state index in [0.29, 0.717) is 17.6 Å². The van der Waals surface area contributed by atoms with Crippen molar-refractivity contribution < 1.29 is 4.79 Å². The van der Waals surface area contributed by atoms with Gasteiger partial charge in [-0.3, -0.25) is 4.79 Å². The molecule has 0 aromatic carbocycles. The minimum atomic E-state index is -0.0727. The largest absolute Gasteiger partial charge is 0.354 e. The summed E-state index contributed by atoms with van der Waals surface area (Å²) in [5, 5.41) is 2.99. The van der Waals surface area contributed by atoms with Crippen LogP contribution in [-0.2, 0) is 0 Å². The number of carbonyl (C=O) groups excluding carboxylic acids is 1. The molecule has 1 saturated heterocycles. The van der Waals surface area contributed by atoms with Crippen LogP contribution in [0.25, 0.3) is 0 Å². The van der Waals surface area contributed by atoms with E-state index in [1.807, 2.05) is 13.0 Å². The highest BCUT2D eigenvalue weighted by Crippen LogP contribution is 2.20. The molecule has 1 N–H and O–H groups in total. The first kappa shape index (κ1) is 14.3. The average molecular weight is 289 g/mol. The van der Waals surface area contributed by atoms with E-state index in [2.05, 4.69) is 32.0 Å². The lowest BCUT2D eigenvalue weighted by atomic mass is 10.3. The zero-order valence-electron chi connectivity index (χ0n) is 12.8. The zero-order valence-corrected chi connectivity index (χ0v) is 12.8. The minimum absolute atomic E-state index is 0.0727. The number of anilines is 1. The van der Waals surface area contributed by atoms with Crippen LogP contribution in [0.15, 0.2) is 6.07 Å². The molecule has 114 valence electrons. The Kier molecular flexibility index (Phi) is 4.05. The van der Waals surface area contributed by atoms with Crippen molar-refractivity contribution in [3.63, 3.8) is 0 Å². The molecule has 2 heterocycles. The van der Waals surface area contributed by atoms with Crippen molar-refractivity contribution >= 4 is 11.7 Å². The second-order valence-corrected chi connectivity index (χ2v) is 5.83. The number of amides is 1. The molecule has 6 nitrogen and oxygen atoms in total. The summed E-state index contributed by atoms with van der Waals surface area (Å²) in [4.78, 5) is 25.6. The molecule has 3 rings (SSSR count). The SMILES string of the molecule is CCN1CCN(c2cc(C(=O)NC3CC3)nc(C)n2)CC1. The number of likely N-dealkylation sites (N-methyl/N-ethyl adjacent to an activating group) is 1. The van der Waals surface area contributed by atoms with Crippen LogP contribution in [-0.4, -0.2) is 59.5 Å². The van der Waals surface area contributed by atoms with Crippen LogP contribution < -0.4 is 10.2 Å². The number of carbonyl (C=O) groups is 1. The molecular formula is C15H23N5O. The fourth-order valence-electron chi connectivity index (χ4n) is 2.61. The fourth-order valence-corrected chi connectivity index (χ4v) is 2.61. The molecule has 1 aliphatic heterocycles. The Bertz CT molecular complexity index is 521. The monoisotopic (exact) mass is 289 g/mol. The standard InChI is InChI=1S/C15H23N5O/c1-3-19-6-8-20(9-7-19)14-10-13(16-11(2)17-14)15(21)18-12-4-5-12/h10,12H,3-9H2,1-2H3,(H,18,21). The van der Waals surface area contributed by atoms with Crippen LogP contribution in [0.4, 0.5) is 5.82 Å². The van der Waals surface area contributed by atoms with Crippen molar-refractivity contribution in [1.82, 2.24) is 20.2 Å². The number of rotatable bonds is 4. The number of aryl methyl sites for hydroxylation is 1. The van der Waals surface area contributed by atoms with E-state index in [4.69, 9.17) is 0 Å². The summed E-state index contributed by atoms with van der Waals surface area (Å²) in [7, 11) is 0. The number of hydrogen-bond donors (Lipinski definition) is 1. The third-order valence-electron chi connectivity index (χ3n) is 4.11. The lowest BCUT2D eigenvalue weighted by Crippen LogP contribution is -2.46. The molecule has 1 aliphatic carbocycles. The van der Waals surface area contributed by atoms with Gasteiger partial charge >= 0.3 is 0 Å². The van der Waals surface area contributed by atoms with Gasteiger partial charge in [0.1, 0.15) is 17.3 Å². The molecule has 21 heavy (non-hydrogen) atoms. The summed E-state index contributed by atoms with van der Waals surface area (Å²) >= 11 is 0. The van der Waals surface area contributed by atoms with E-state index in [-0.39, 0.29) is 5.91 Å². The second kappa shape index (κ2) is 5.97. The Morgan fingerprint density at radius 2 is 2.00 bits per heavy atom. The summed E-state index contributed by atoms with van der Waals surface area (Å²) < 4.78 is 0. The van der Waals surface area contributed by atoms with Crippen LogP contribution in [0.1, 0.15) is 36.1 Å². The predicted molar refractivity (Wildman–Crippen MR) is 81.6 cm³/mol. The van der Waals surface area contributed by atoms with Gasteiger partial charge in [0.15, 0.2) is 0 Å². The molecule has 2 aliphatic rings. The van der Waals surface area contributed by atoms with Gasteiger partial charge in [0.2, 0.25) is 0 Å². The van der Waals surface area contributed by atoms with Gasteiger partial charge in [-0.1, -0.05) is 6.92 Å². The topological polar surface area (TPSA) is 61.4 Å². The number of hydrogen-bond acceptors (Lipinski definition) is 5. The fraction of sp³-hybridized carbons (Fsp3) is 0.667. The van der Waals surface area contributed by atoms with Crippen LogP contribution in [0.5, 0.6) is 0 Å². The molecule has 1 aromatic heterocycles. The minimum Gasteiger partial charge on any atom is -0.354 e. The third kappa shape index (κ3) is 3.50. The summed E-state index contributed by atoms with van der Waals surface area (Å²) in [5.74, 6) is 1.46. The van der Waals surface area contributed by atoms with E-state index in [0.717, 1.165) is 51.4 Å². The van der Waals surface area contributed by atoms with Gasteiger partial charge in [0.25, 0.3) is 5.91 Å². The second-order valence-electron chi connectivity index (χ2n) is 5.83. The van der Waals surface area contributed by atoms with Crippen LogP contribution in [0.2, 0.25) is 0 Å². The van der Waals surface area contributed by atoms with Gasteiger partial charge in [-0.05, 0) is 26.3 Å². The normalized spacial score (nSPS) is 19.6. The van der Waals surface area contributed by atoms with Crippen LogP contribution in [0, 0.1) is 6.92 Å². The Morgan fingerprint density at radius 1 is 1.29 bits per heavy atom. The summed E-state index contributed by atoms with van der Waals surface area (Å²) in [6, 6.07) is 2.18. The van der Waals surface area contributed by atoms with E-state index in [1.165, 1.54) is 0 Å². The Hall–Kier alpha value is -1.69. The molecule has 0 radical (unpaired) electrons. The van der Waals surface area contributed by atoms with Crippen LogP contribution >= 0.6 is 0 Å². The molecule has 0 bridgehead atoms. The van der Waals surface area contributed by atoms with E-state index in [1.54, 1.807) is 0 Å². The Morgan fingerprint density at radius 3 is 2.62 bits per heavy atom. The number of aromatic nitrogens is 2. The van der Waals surface area contributed by atoms with Crippen molar-refractivity contribution in [3.05, 3.63) is 17.6 Å². The molecular weight excluding hydrogens is 266 g/mol. The number of piperazine rings is 1. The maximum absolute atomic E-state index is 12.2. The lowest BCUT2D eigenvalue weighted by Gasteiger charge is -2.34. The van der Waals surface area contributed by atoms with E-state index < -0.39 is 0 Å². The van der Waals surface area contributed by atoms with Crippen molar-refractivity contribution in [2.75, 3.05) is 37.6 Å². The highest BCUT2D eigenvalue weighted by Gasteiger charge is 2.25. The highest BCUT2D eigenvalue weighted by atomic mass is 16.2. The molecule has 2 fully saturated rings. The Labute approximate surface area is 125 Å². The average Bonchev–Trinajstić information content (AvgIpc) is 3.30. The maximum atomic E-state index is 12.2. The Balaban J connectivity index is 1.72. The van der Waals surface area contributed by atoms with Crippen molar-refractivity contribution in [1.29, 1.82) is 0 Å².